The molecular formula is C21H15ClF3N5O3. The largest absolute Gasteiger partial charge is 0.497 e. The van der Waals surface area contributed by atoms with Crippen LogP contribution in [0.2, 0.25) is 5.02 Å². The number of ether oxygens (including phenoxy) is 2. The van der Waals surface area contributed by atoms with E-state index in [0.717, 1.165) is 17.0 Å². The highest BCUT2D eigenvalue weighted by molar-refractivity contribution is 6.31. The molecule has 0 radical (unpaired) electrons. The Morgan fingerprint density at radius 1 is 1.06 bits per heavy atom. The van der Waals surface area contributed by atoms with Crippen molar-refractivity contribution in [3.05, 3.63) is 65.2 Å². The van der Waals surface area contributed by atoms with Crippen LogP contribution in [0, 0.1) is 0 Å². The van der Waals surface area contributed by atoms with Gasteiger partial charge in [0, 0.05) is 11.1 Å². The number of fused-ring (bicyclic) bond motifs is 1. The molecule has 0 aliphatic rings. The summed E-state index contributed by atoms with van der Waals surface area (Å²) in [5.41, 5.74) is 0.442. The van der Waals surface area contributed by atoms with E-state index in [2.05, 4.69) is 20.3 Å². The van der Waals surface area contributed by atoms with Crippen LogP contribution in [0.5, 0.6) is 11.5 Å². The molecule has 0 saturated carbocycles. The van der Waals surface area contributed by atoms with Gasteiger partial charge in [-0.2, -0.15) is 13.2 Å². The fourth-order valence-corrected chi connectivity index (χ4v) is 3.31. The van der Waals surface area contributed by atoms with Gasteiger partial charge < -0.3 is 14.8 Å². The van der Waals surface area contributed by atoms with Crippen LogP contribution in [-0.2, 0) is 6.18 Å². The summed E-state index contributed by atoms with van der Waals surface area (Å²) in [7, 11) is 2.79. The second-order valence-electron chi connectivity index (χ2n) is 6.68. The van der Waals surface area contributed by atoms with Crippen LogP contribution >= 0.6 is 11.6 Å². The van der Waals surface area contributed by atoms with E-state index in [9.17, 15) is 18.0 Å². The summed E-state index contributed by atoms with van der Waals surface area (Å²) in [6.45, 7) is 0. The number of anilines is 1. The van der Waals surface area contributed by atoms with E-state index in [4.69, 9.17) is 21.1 Å². The topological polar surface area (TPSA) is 91.2 Å². The Hall–Kier alpha value is -3.86. The van der Waals surface area contributed by atoms with Crippen molar-refractivity contribution in [2.24, 2.45) is 0 Å². The summed E-state index contributed by atoms with van der Waals surface area (Å²) in [5, 5.41) is 2.91. The molecule has 4 aromatic rings. The predicted octanol–water partition coefficient (Wildman–Crippen LogP) is 4.76. The van der Waals surface area contributed by atoms with Gasteiger partial charge in [0.05, 0.1) is 43.2 Å². The first-order chi connectivity index (χ1) is 15.7. The highest BCUT2D eigenvalue weighted by Crippen LogP contribution is 2.34. The van der Waals surface area contributed by atoms with Gasteiger partial charge in [0.1, 0.15) is 11.5 Å². The number of benzene rings is 2. The van der Waals surface area contributed by atoms with Gasteiger partial charge >= 0.3 is 6.18 Å². The van der Waals surface area contributed by atoms with Crippen molar-refractivity contribution in [2.45, 2.75) is 6.18 Å². The van der Waals surface area contributed by atoms with E-state index >= 15 is 0 Å². The van der Waals surface area contributed by atoms with Crippen LogP contribution in [0.15, 0.2) is 48.8 Å². The number of alkyl halides is 3. The molecule has 1 N–H and O–H groups in total. The summed E-state index contributed by atoms with van der Waals surface area (Å²) < 4.78 is 52.0. The zero-order valence-electron chi connectivity index (χ0n) is 17.1. The lowest BCUT2D eigenvalue weighted by atomic mass is 10.2. The van der Waals surface area contributed by atoms with Gasteiger partial charge in [-0.25, -0.2) is 15.0 Å². The molecule has 33 heavy (non-hydrogen) atoms. The maximum atomic E-state index is 13.7. The van der Waals surface area contributed by atoms with Gasteiger partial charge in [0.2, 0.25) is 5.82 Å². The predicted molar refractivity (Wildman–Crippen MR) is 114 cm³/mol. The number of hydrogen-bond acceptors (Lipinski definition) is 6. The van der Waals surface area contributed by atoms with Gasteiger partial charge in [0.25, 0.3) is 5.91 Å². The third-order valence-electron chi connectivity index (χ3n) is 4.63. The monoisotopic (exact) mass is 477 g/mol. The Morgan fingerprint density at radius 3 is 2.48 bits per heavy atom. The minimum Gasteiger partial charge on any atom is -0.497 e. The number of amides is 1. The average Bonchev–Trinajstić information content (AvgIpc) is 3.18. The van der Waals surface area contributed by atoms with Crippen LogP contribution in [0.25, 0.3) is 16.9 Å². The Kier molecular flexibility index (Phi) is 5.81. The molecule has 0 aliphatic heterocycles. The van der Waals surface area contributed by atoms with Crippen molar-refractivity contribution in [1.29, 1.82) is 0 Å². The average molecular weight is 478 g/mol. The van der Waals surface area contributed by atoms with Crippen LogP contribution < -0.4 is 14.8 Å². The SMILES string of the molecule is COc1ccc2c(c1)nc(C(F)(F)F)n2-c1cnc(NC(=O)c2ccc(Cl)cc2OC)cn1. The van der Waals surface area contributed by atoms with Crippen LogP contribution in [0.1, 0.15) is 16.2 Å². The Labute approximate surface area is 190 Å². The first-order valence-electron chi connectivity index (χ1n) is 9.32. The lowest BCUT2D eigenvalue weighted by Crippen LogP contribution is -2.16. The highest BCUT2D eigenvalue weighted by atomic mass is 35.5. The lowest BCUT2D eigenvalue weighted by Gasteiger charge is -2.12. The first-order valence-corrected chi connectivity index (χ1v) is 9.70. The lowest BCUT2D eigenvalue weighted by molar-refractivity contribution is -0.145. The minimum absolute atomic E-state index is 0.0281. The standard InChI is InChI=1S/C21H15ClF3N5O3/c1-32-12-4-6-15-14(8-12)28-20(21(23,24)25)30(15)18-10-26-17(9-27-18)29-19(31)13-5-3-11(22)7-16(13)33-2/h3-10H,1-2H3,(H,26,29,31). The number of hydrogen-bond donors (Lipinski definition) is 1. The van der Waals surface area contributed by atoms with Crippen molar-refractivity contribution >= 4 is 34.4 Å². The van der Waals surface area contributed by atoms with Gasteiger partial charge in [-0.15, -0.1) is 0 Å². The van der Waals surface area contributed by atoms with Gasteiger partial charge in [-0.1, -0.05) is 11.6 Å². The number of halogens is 4. The van der Waals surface area contributed by atoms with E-state index < -0.39 is 17.9 Å². The Morgan fingerprint density at radius 2 is 1.85 bits per heavy atom. The molecular weight excluding hydrogens is 463 g/mol. The third-order valence-corrected chi connectivity index (χ3v) is 4.87. The molecule has 12 heteroatoms. The molecule has 2 aromatic heterocycles. The van der Waals surface area contributed by atoms with E-state index in [1.807, 2.05) is 0 Å². The summed E-state index contributed by atoms with van der Waals surface area (Å²) in [6.07, 6.45) is -2.49. The molecule has 0 spiro atoms. The first kappa shape index (κ1) is 22.3. The number of aromatic nitrogens is 4. The maximum Gasteiger partial charge on any atom is 0.450 e. The molecule has 0 atom stereocenters. The van der Waals surface area contributed by atoms with Crippen molar-refractivity contribution in [3.8, 4) is 17.3 Å². The zero-order valence-corrected chi connectivity index (χ0v) is 17.9. The molecule has 8 nitrogen and oxygen atoms in total. The van der Waals surface area contributed by atoms with E-state index in [1.165, 1.54) is 50.6 Å². The van der Waals surface area contributed by atoms with Crippen molar-refractivity contribution in [1.82, 2.24) is 19.5 Å². The van der Waals surface area contributed by atoms with Crippen LogP contribution in [-0.4, -0.2) is 39.6 Å². The van der Waals surface area contributed by atoms with E-state index in [-0.39, 0.29) is 34.0 Å². The number of rotatable bonds is 5. The fraction of sp³-hybridized carbons (Fsp3) is 0.143. The summed E-state index contributed by atoms with van der Waals surface area (Å²) in [5.74, 6) is -1.20. The molecule has 0 bridgehead atoms. The van der Waals surface area contributed by atoms with Crippen molar-refractivity contribution in [2.75, 3.05) is 19.5 Å². The molecule has 170 valence electrons. The highest BCUT2D eigenvalue weighted by Gasteiger charge is 2.38. The minimum atomic E-state index is -4.74. The Bertz CT molecular complexity index is 1340. The van der Waals surface area contributed by atoms with Gasteiger partial charge in [-0.05, 0) is 30.3 Å². The van der Waals surface area contributed by atoms with E-state index in [0.29, 0.717) is 10.8 Å². The smallest absolute Gasteiger partial charge is 0.450 e. The third kappa shape index (κ3) is 4.40. The summed E-state index contributed by atoms with van der Waals surface area (Å²) in [6, 6.07) is 8.82. The number of imidazole rings is 1. The van der Waals surface area contributed by atoms with Crippen molar-refractivity contribution in [3.63, 3.8) is 0 Å². The van der Waals surface area contributed by atoms with Crippen LogP contribution in [0.4, 0.5) is 19.0 Å². The van der Waals surface area contributed by atoms with Gasteiger partial charge in [-0.3, -0.25) is 9.36 Å². The molecule has 0 unspecified atom stereocenters. The molecule has 0 aliphatic carbocycles. The number of nitrogens with one attached hydrogen (secondary N) is 1. The number of carbonyl (C=O) groups is 1. The maximum absolute atomic E-state index is 13.7. The normalized spacial score (nSPS) is 11.5. The van der Waals surface area contributed by atoms with Gasteiger partial charge in [0.15, 0.2) is 11.6 Å². The fourth-order valence-electron chi connectivity index (χ4n) is 3.15. The zero-order chi connectivity index (χ0) is 23.8. The molecule has 0 saturated heterocycles. The summed E-state index contributed by atoms with van der Waals surface area (Å²) >= 11 is 5.90. The molecule has 0 fully saturated rings. The van der Waals surface area contributed by atoms with Crippen LogP contribution in [0.3, 0.4) is 0 Å². The summed E-state index contributed by atoms with van der Waals surface area (Å²) in [4.78, 5) is 24.4. The quantitative estimate of drug-likeness (QED) is 0.446. The van der Waals surface area contributed by atoms with E-state index in [1.54, 1.807) is 0 Å². The molecule has 1 amide bonds. The number of carbonyl (C=O) groups excluding carboxylic acids is 1. The number of methoxy groups -OCH3 is 2. The molecule has 2 heterocycles. The molecule has 2 aromatic carbocycles. The second kappa shape index (κ2) is 8.58. The number of nitrogens with zero attached hydrogens (tertiary/aromatic N) is 4. The van der Waals surface area contributed by atoms with Crippen molar-refractivity contribution < 1.29 is 27.4 Å². The Balaban J connectivity index is 1.68. The molecule has 4 rings (SSSR count). The second-order valence-corrected chi connectivity index (χ2v) is 7.12.